The fraction of sp³-hybridized carbons (Fsp3) is 0.333. The number of aliphatic hydroxyl groups excluding tert-OH is 1. The van der Waals surface area contributed by atoms with Gasteiger partial charge in [-0.3, -0.25) is 0 Å². The normalized spacial score (nSPS) is 17.1. The molecule has 0 bridgehead atoms. The highest BCUT2D eigenvalue weighted by Crippen LogP contribution is 2.32. The molecule has 0 radical (unpaired) electrons. The molecule has 21 heavy (non-hydrogen) atoms. The van der Waals surface area contributed by atoms with Gasteiger partial charge >= 0.3 is 0 Å². The van der Waals surface area contributed by atoms with Crippen LogP contribution in [0.5, 0.6) is 11.5 Å². The molecule has 110 valence electrons. The monoisotopic (exact) mass is 284 g/mol. The van der Waals surface area contributed by atoms with Crippen molar-refractivity contribution in [3.8, 4) is 11.5 Å². The molecule has 0 heterocycles. The summed E-state index contributed by atoms with van der Waals surface area (Å²) in [4.78, 5) is 0. The lowest BCUT2D eigenvalue weighted by atomic mass is 9.89. The van der Waals surface area contributed by atoms with Crippen LogP contribution in [-0.4, -0.2) is 18.3 Å². The topological polar surface area (TPSA) is 38.7 Å². The van der Waals surface area contributed by atoms with Crippen molar-refractivity contribution in [3.63, 3.8) is 0 Å². The number of para-hydroxylation sites is 1. The average Bonchev–Trinajstić information content (AvgIpc) is 2.53. The van der Waals surface area contributed by atoms with Gasteiger partial charge in [0.25, 0.3) is 0 Å². The first kappa shape index (κ1) is 14.0. The number of rotatable bonds is 5. The van der Waals surface area contributed by atoms with Crippen LogP contribution >= 0.6 is 0 Å². The molecule has 3 nitrogen and oxygen atoms in total. The molecule has 0 saturated carbocycles. The van der Waals surface area contributed by atoms with E-state index in [0.29, 0.717) is 13.2 Å². The van der Waals surface area contributed by atoms with Gasteiger partial charge in [0.1, 0.15) is 24.7 Å². The van der Waals surface area contributed by atoms with Crippen molar-refractivity contribution >= 4 is 0 Å². The van der Waals surface area contributed by atoms with Crippen LogP contribution in [0, 0.1) is 0 Å². The molecular formula is C18H20O3. The van der Waals surface area contributed by atoms with Crippen LogP contribution in [-0.2, 0) is 6.42 Å². The first-order valence-electron chi connectivity index (χ1n) is 7.44. The Morgan fingerprint density at radius 3 is 2.52 bits per heavy atom. The second kappa shape index (κ2) is 6.64. The van der Waals surface area contributed by atoms with Gasteiger partial charge < -0.3 is 14.6 Å². The zero-order valence-electron chi connectivity index (χ0n) is 12.0. The van der Waals surface area contributed by atoms with E-state index >= 15 is 0 Å². The summed E-state index contributed by atoms with van der Waals surface area (Å²) >= 11 is 0. The van der Waals surface area contributed by atoms with Crippen molar-refractivity contribution in [3.05, 3.63) is 59.7 Å². The Hall–Kier alpha value is -2.00. The molecule has 1 aliphatic rings. The Bertz CT molecular complexity index is 580. The molecule has 2 aromatic carbocycles. The largest absolute Gasteiger partial charge is 0.490 e. The van der Waals surface area contributed by atoms with Gasteiger partial charge in [-0.1, -0.05) is 24.3 Å². The van der Waals surface area contributed by atoms with Crippen LogP contribution in [0.1, 0.15) is 30.1 Å². The van der Waals surface area contributed by atoms with E-state index in [1.54, 1.807) is 0 Å². The number of hydrogen-bond donors (Lipinski definition) is 1. The second-order valence-corrected chi connectivity index (χ2v) is 5.28. The van der Waals surface area contributed by atoms with Crippen LogP contribution in [0.3, 0.4) is 0 Å². The number of benzene rings is 2. The Labute approximate surface area is 125 Å². The molecule has 3 rings (SSSR count). The molecule has 1 unspecified atom stereocenters. The molecule has 0 saturated heterocycles. The van der Waals surface area contributed by atoms with Gasteiger partial charge in [-0.15, -0.1) is 0 Å². The summed E-state index contributed by atoms with van der Waals surface area (Å²) in [5.41, 5.74) is 2.25. The minimum atomic E-state index is -0.349. The fourth-order valence-electron chi connectivity index (χ4n) is 2.68. The summed E-state index contributed by atoms with van der Waals surface area (Å²) in [5.74, 6) is 1.65. The quantitative estimate of drug-likeness (QED) is 0.854. The number of aliphatic hydroxyl groups is 1. The van der Waals surface area contributed by atoms with Crippen LogP contribution in [0.2, 0.25) is 0 Å². The number of ether oxygens (including phenoxy) is 2. The maximum atomic E-state index is 10.0. The first-order valence-corrected chi connectivity index (χ1v) is 7.44. The highest BCUT2D eigenvalue weighted by atomic mass is 16.5. The third kappa shape index (κ3) is 3.56. The molecule has 0 spiro atoms. The van der Waals surface area contributed by atoms with E-state index in [2.05, 4.69) is 6.07 Å². The molecule has 0 aromatic heterocycles. The van der Waals surface area contributed by atoms with Gasteiger partial charge in [0.15, 0.2) is 0 Å². The van der Waals surface area contributed by atoms with Gasteiger partial charge in [-0.2, -0.15) is 0 Å². The average molecular weight is 284 g/mol. The third-order valence-electron chi connectivity index (χ3n) is 3.76. The molecule has 3 heteroatoms. The van der Waals surface area contributed by atoms with E-state index in [4.69, 9.17) is 9.47 Å². The van der Waals surface area contributed by atoms with Crippen molar-refractivity contribution in [2.45, 2.75) is 25.4 Å². The number of hydrogen-bond acceptors (Lipinski definition) is 3. The molecule has 0 amide bonds. The minimum Gasteiger partial charge on any atom is -0.490 e. The summed E-state index contributed by atoms with van der Waals surface area (Å²) in [6, 6.07) is 15.7. The Balaban J connectivity index is 1.53. The predicted molar refractivity (Wildman–Crippen MR) is 81.8 cm³/mol. The smallest absolute Gasteiger partial charge is 0.122 e. The zero-order chi connectivity index (χ0) is 14.5. The summed E-state index contributed by atoms with van der Waals surface area (Å²) in [6.07, 6.45) is 2.59. The van der Waals surface area contributed by atoms with E-state index in [9.17, 15) is 5.11 Å². The van der Waals surface area contributed by atoms with Crippen LogP contribution in [0.25, 0.3) is 0 Å². The van der Waals surface area contributed by atoms with Crippen molar-refractivity contribution in [1.82, 2.24) is 0 Å². The molecule has 1 N–H and O–H groups in total. The van der Waals surface area contributed by atoms with Crippen LogP contribution < -0.4 is 9.47 Å². The number of aryl methyl sites for hydroxylation is 1. The zero-order valence-corrected chi connectivity index (χ0v) is 12.0. The van der Waals surface area contributed by atoms with E-state index in [1.807, 2.05) is 42.5 Å². The van der Waals surface area contributed by atoms with Crippen molar-refractivity contribution < 1.29 is 14.6 Å². The Morgan fingerprint density at radius 1 is 0.952 bits per heavy atom. The second-order valence-electron chi connectivity index (χ2n) is 5.28. The summed E-state index contributed by atoms with van der Waals surface area (Å²) in [6.45, 7) is 0.993. The van der Waals surface area contributed by atoms with E-state index in [1.165, 1.54) is 5.56 Å². The maximum absolute atomic E-state index is 10.0. The fourth-order valence-corrected chi connectivity index (χ4v) is 2.68. The lowest BCUT2D eigenvalue weighted by molar-refractivity contribution is 0.155. The molecular weight excluding hydrogens is 264 g/mol. The standard InChI is InChI=1S/C18H20O3/c19-18-8-4-5-14-9-10-16(13-17(14)18)21-12-11-20-15-6-2-1-3-7-15/h1-3,6-7,9-10,13,18-19H,4-5,8,11-12H2. The van der Waals surface area contributed by atoms with Crippen molar-refractivity contribution in [1.29, 1.82) is 0 Å². The number of fused-ring (bicyclic) bond motifs is 1. The van der Waals surface area contributed by atoms with Gasteiger partial charge in [-0.05, 0) is 54.7 Å². The molecule has 1 atom stereocenters. The highest BCUT2D eigenvalue weighted by Gasteiger charge is 2.18. The summed E-state index contributed by atoms with van der Waals surface area (Å²) < 4.78 is 11.3. The van der Waals surface area contributed by atoms with Crippen molar-refractivity contribution in [2.24, 2.45) is 0 Å². The van der Waals surface area contributed by atoms with Crippen molar-refractivity contribution in [2.75, 3.05) is 13.2 Å². The lowest BCUT2D eigenvalue weighted by Crippen LogP contribution is -2.11. The van der Waals surface area contributed by atoms with Gasteiger partial charge in [-0.25, -0.2) is 0 Å². The minimum absolute atomic E-state index is 0.349. The Morgan fingerprint density at radius 2 is 1.71 bits per heavy atom. The first-order chi connectivity index (χ1) is 10.3. The van der Waals surface area contributed by atoms with E-state index < -0.39 is 0 Å². The van der Waals surface area contributed by atoms with Gasteiger partial charge in [0, 0.05) is 0 Å². The molecule has 1 aliphatic carbocycles. The molecule has 0 aliphatic heterocycles. The SMILES string of the molecule is OC1CCCc2ccc(OCCOc3ccccc3)cc21. The van der Waals surface area contributed by atoms with E-state index in [0.717, 1.165) is 36.3 Å². The van der Waals surface area contributed by atoms with Gasteiger partial charge in [0.2, 0.25) is 0 Å². The molecule has 2 aromatic rings. The predicted octanol–water partition coefficient (Wildman–Crippen LogP) is 3.51. The third-order valence-corrected chi connectivity index (χ3v) is 3.76. The van der Waals surface area contributed by atoms with E-state index in [-0.39, 0.29) is 6.10 Å². The van der Waals surface area contributed by atoms with Crippen LogP contribution in [0.15, 0.2) is 48.5 Å². The Kier molecular flexibility index (Phi) is 4.41. The summed E-state index contributed by atoms with van der Waals surface area (Å²) in [7, 11) is 0. The highest BCUT2D eigenvalue weighted by molar-refractivity contribution is 5.38. The van der Waals surface area contributed by atoms with Crippen LogP contribution in [0.4, 0.5) is 0 Å². The summed E-state index contributed by atoms with van der Waals surface area (Å²) in [5, 5.41) is 10.0. The molecule has 0 fully saturated rings. The maximum Gasteiger partial charge on any atom is 0.122 e. The lowest BCUT2D eigenvalue weighted by Gasteiger charge is -2.22. The van der Waals surface area contributed by atoms with Gasteiger partial charge in [0.05, 0.1) is 6.10 Å².